The molecule has 1 aromatic rings. The zero-order valence-electron chi connectivity index (χ0n) is 15.3. The fraction of sp³-hybridized carbons (Fsp3) is 0.800. The maximum Gasteiger partial charge on any atom is 0.222 e. The molecule has 0 radical (unpaired) electrons. The van der Waals surface area contributed by atoms with Crippen LogP contribution in [0.15, 0.2) is 0 Å². The van der Waals surface area contributed by atoms with E-state index in [1.807, 2.05) is 0 Å². The SMILES string of the molecule is Nc1nc(N2C[C@H]3CCCN[C@H]3C2)c2c(n1)C1(CCCCC1)CCC2. The summed E-state index contributed by atoms with van der Waals surface area (Å²) in [6, 6.07) is 0.632. The number of nitrogens with two attached hydrogens (primary N) is 1. The maximum absolute atomic E-state index is 6.22. The minimum atomic E-state index is 0.294. The number of hydrogen-bond acceptors (Lipinski definition) is 5. The van der Waals surface area contributed by atoms with Crippen molar-refractivity contribution in [3.8, 4) is 0 Å². The molecule has 5 heteroatoms. The monoisotopic (exact) mass is 341 g/mol. The molecule has 5 nitrogen and oxygen atoms in total. The van der Waals surface area contributed by atoms with Gasteiger partial charge in [0.05, 0.1) is 5.69 Å². The van der Waals surface area contributed by atoms with Crippen molar-refractivity contribution in [2.45, 2.75) is 75.7 Å². The standard InChI is InChI=1S/C20H31N5/c21-19-23-17-15(7-4-10-20(17)8-2-1-3-9-20)18(24-19)25-12-14-6-5-11-22-16(14)13-25/h14,16,22H,1-13H2,(H2,21,23,24)/t14-,16+/m1/s1. The number of hydrogen-bond donors (Lipinski definition) is 2. The zero-order chi connectivity index (χ0) is 16.9. The highest BCUT2D eigenvalue weighted by atomic mass is 15.3. The molecule has 0 unspecified atom stereocenters. The molecular formula is C20H31N5. The highest BCUT2D eigenvalue weighted by Gasteiger charge is 2.42. The van der Waals surface area contributed by atoms with Crippen LogP contribution >= 0.6 is 0 Å². The molecule has 2 saturated heterocycles. The largest absolute Gasteiger partial charge is 0.368 e. The van der Waals surface area contributed by atoms with Crippen LogP contribution in [-0.2, 0) is 11.8 Å². The Kier molecular flexibility index (Phi) is 3.88. The first kappa shape index (κ1) is 15.9. The third-order valence-corrected chi connectivity index (χ3v) is 7.30. The van der Waals surface area contributed by atoms with Gasteiger partial charge in [0.15, 0.2) is 0 Å². The van der Waals surface area contributed by atoms with Crippen LogP contribution in [0.3, 0.4) is 0 Å². The molecule has 25 heavy (non-hydrogen) atoms. The van der Waals surface area contributed by atoms with E-state index in [4.69, 9.17) is 15.7 Å². The first-order chi connectivity index (χ1) is 12.3. The van der Waals surface area contributed by atoms with Crippen LogP contribution in [0.5, 0.6) is 0 Å². The van der Waals surface area contributed by atoms with Gasteiger partial charge in [0.1, 0.15) is 5.82 Å². The fourth-order valence-corrected chi connectivity index (χ4v) is 6.08. The van der Waals surface area contributed by atoms with Gasteiger partial charge in [0, 0.05) is 30.1 Å². The first-order valence-electron chi connectivity index (χ1n) is 10.4. The Labute approximate surface area is 150 Å². The lowest BCUT2D eigenvalue weighted by molar-refractivity contribution is 0.248. The number of rotatable bonds is 1. The molecule has 0 amide bonds. The van der Waals surface area contributed by atoms with Crippen LogP contribution in [0.2, 0.25) is 0 Å². The van der Waals surface area contributed by atoms with E-state index in [9.17, 15) is 0 Å². The molecule has 136 valence electrons. The van der Waals surface area contributed by atoms with Gasteiger partial charge >= 0.3 is 0 Å². The minimum Gasteiger partial charge on any atom is -0.368 e. The van der Waals surface area contributed by atoms with E-state index < -0.39 is 0 Å². The summed E-state index contributed by atoms with van der Waals surface area (Å²) in [5.74, 6) is 2.43. The van der Waals surface area contributed by atoms with E-state index in [0.29, 0.717) is 17.4 Å². The van der Waals surface area contributed by atoms with Crippen LogP contribution in [0.4, 0.5) is 11.8 Å². The molecule has 2 atom stereocenters. The lowest BCUT2D eigenvalue weighted by Gasteiger charge is -2.42. The Bertz CT molecular complexity index is 638. The summed E-state index contributed by atoms with van der Waals surface area (Å²) in [6.07, 6.45) is 13.0. The molecule has 1 saturated carbocycles. The summed E-state index contributed by atoms with van der Waals surface area (Å²) in [5, 5.41) is 3.72. The Morgan fingerprint density at radius 2 is 1.84 bits per heavy atom. The van der Waals surface area contributed by atoms with Crippen molar-refractivity contribution in [1.29, 1.82) is 0 Å². The summed E-state index contributed by atoms with van der Waals surface area (Å²) in [7, 11) is 0. The second-order valence-electron chi connectivity index (χ2n) is 8.80. The Hall–Kier alpha value is -1.36. The van der Waals surface area contributed by atoms with Crippen molar-refractivity contribution in [3.63, 3.8) is 0 Å². The smallest absolute Gasteiger partial charge is 0.222 e. The van der Waals surface area contributed by atoms with Crippen LogP contribution < -0.4 is 16.0 Å². The van der Waals surface area contributed by atoms with Gasteiger partial charge in [-0.1, -0.05) is 19.3 Å². The molecule has 4 aliphatic rings. The van der Waals surface area contributed by atoms with E-state index in [1.165, 1.54) is 81.4 Å². The third kappa shape index (κ3) is 2.62. The second-order valence-corrected chi connectivity index (χ2v) is 8.80. The molecule has 2 aliphatic carbocycles. The van der Waals surface area contributed by atoms with Gasteiger partial charge in [-0.25, -0.2) is 4.98 Å². The van der Waals surface area contributed by atoms with Crippen molar-refractivity contribution in [2.75, 3.05) is 30.3 Å². The average molecular weight is 342 g/mol. The van der Waals surface area contributed by atoms with Crippen molar-refractivity contribution >= 4 is 11.8 Å². The summed E-state index contributed by atoms with van der Waals surface area (Å²) >= 11 is 0. The number of nitrogens with zero attached hydrogens (tertiary/aromatic N) is 3. The molecule has 5 rings (SSSR count). The van der Waals surface area contributed by atoms with Gasteiger partial charge in [-0.2, -0.15) is 4.98 Å². The quantitative estimate of drug-likeness (QED) is 0.822. The number of fused-ring (bicyclic) bond motifs is 3. The van der Waals surface area contributed by atoms with Gasteiger partial charge in [0.2, 0.25) is 5.95 Å². The predicted molar refractivity (Wildman–Crippen MR) is 101 cm³/mol. The topological polar surface area (TPSA) is 67.1 Å². The second kappa shape index (κ2) is 6.11. The highest BCUT2D eigenvalue weighted by Crippen LogP contribution is 2.48. The van der Waals surface area contributed by atoms with Crippen LogP contribution in [-0.4, -0.2) is 35.6 Å². The molecule has 2 aliphatic heterocycles. The van der Waals surface area contributed by atoms with E-state index in [1.54, 1.807) is 0 Å². The minimum absolute atomic E-state index is 0.294. The molecule has 0 aromatic carbocycles. The molecule has 1 spiro atoms. The van der Waals surface area contributed by atoms with Crippen LogP contribution in [0, 0.1) is 5.92 Å². The number of anilines is 2. The van der Waals surface area contributed by atoms with Gasteiger partial charge in [-0.05, 0) is 57.4 Å². The van der Waals surface area contributed by atoms with Crippen molar-refractivity contribution in [2.24, 2.45) is 5.92 Å². The number of aromatic nitrogens is 2. The van der Waals surface area contributed by atoms with Gasteiger partial charge in [-0.15, -0.1) is 0 Å². The normalized spacial score (nSPS) is 31.0. The lowest BCUT2D eigenvalue weighted by Crippen LogP contribution is -2.41. The summed E-state index contributed by atoms with van der Waals surface area (Å²) in [4.78, 5) is 12.1. The van der Waals surface area contributed by atoms with Crippen LogP contribution in [0.1, 0.15) is 69.0 Å². The molecule has 0 bridgehead atoms. The Balaban J connectivity index is 1.53. The third-order valence-electron chi connectivity index (χ3n) is 7.30. The van der Waals surface area contributed by atoms with Crippen molar-refractivity contribution < 1.29 is 0 Å². The van der Waals surface area contributed by atoms with Crippen molar-refractivity contribution in [1.82, 2.24) is 15.3 Å². The van der Waals surface area contributed by atoms with E-state index in [2.05, 4.69) is 10.2 Å². The molecular weight excluding hydrogens is 310 g/mol. The molecule has 1 aromatic heterocycles. The average Bonchev–Trinajstić information content (AvgIpc) is 3.07. The van der Waals surface area contributed by atoms with Crippen molar-refractivity contribution in [3.05, 3.63) is 11.3 Å². The number of nitrogens with one attached hydrogen (secondary N) is 1. The summed E-state index contributed by atoms with van der Waals surface area (Å²) in [5.41, 5.74) is 9.27. The first-order valence-corrected chi connectivity index (χ1v) is 10.4. The predicted octanol–water partition coefficient (Wildman–Crippen LogP) is 2.79. The highest BCUT2D eigenvalue weighted by molar-refractivity contribution is 5.56. The zero-order valence-corrected chi connectivity index (χ0v) is 15.3. The van der Waals surface area contributed by atoms with Gasteiger partial charge < -0.3 is 16.0 Å². The number of piperidine rings is 1. The maximum atomic E-state index is 6.22. The van der Waals surface area contributed by atoms with Crippen LogP contribution in [0.25, 0.3) is 0 Å². The summed E-state index contributed by atoms with van der Waals surface area (Å²) in [6.45, 7) is 3.39. The van der Waals surface area contributed by atoms with E-state index >= 15 is 0 Å². The fourth-order valence-electron chi connectivity index (χ4n) is 6.08. The lowest BCUT2D eigenvalue weighted by atomic mass is 9.64. The van der Waals surface area contributed by atoms with Gasteiger partial charge in [0.25, 0.3) is 0 Å². The van der Waals surface area contributed by atoms with E-state index in [-0.39, 0.29) is 0 Å². The number of nitrogen functional groups attached to an aromatic ring is 1. The molecule has 3 heterocycles. The Morgan fingerprint density at radius 1 is 1.00 bits per heavy atom. The molecule has 3 fully saturated rings. The Morgan fingerprint density at radius 3 is 2.68 bits per heavy atom. The molecule has 3 N–H and O–H groups in total. The van der Waals surface area contributed by atoms with E-state index in [0.717, 1.165) is 25.4 Å². The van der Waals surface area contributed by atoms with Gasteiger partial charge in [-0.3, -0.25) is 0 Å². The summed E-state index contributed by atoms with van der Waals surface area (Å²) < 4.78 is 0.